The van der Waals surface area contributed by atoms with Gasteiger partial charge in [-0.05, 0) is 40.2 Å². The Morgan fingerprint density at radius 1 is 1.33 bits per heavy atom. The SMILES string of the molecule is NCC(c1sccc1Br)N1CCN(C2CC2)CC1. The summed E-state index contributed by atoms with van der Waals surface area (Å²) in [5.41, 5.74) is 6.00. The lowest BCUT2D eigenvalue weighted by Crippen LogP contribution is -2.49. The van der Waals surface area contributed by atoms with Crippen LogP contribution in [0.3, 0.4) is 0 Å². The van der Waals surface area contributed by atoms with Crippen LogP contribution in [0.15, 0.2) is 15.9 Å². The Labute approximate surface area is 121 Å². The number of nitrogens with zero attached hydrogens (tertiary/aromatic N) is 2. The number of halogens is 1. The van der Waals surface area contributed by atoms with Crippen LogP contribution >= 0.6 is 27.3 Å². The maximum absolute atomic E-state index is 6.00. The van der Waals surface area contributed by atoms with Crippen LogP contribution in [0, 0.1) is 0 Å². The van der Waals surface area contributed by atoms with Crippen molar-refractivity contribution in [2.45, 2.75) is 24.9 Å². The van der Waals surface area contributed by atoms with Gasteiger partial charge in [-0.3, -0.25) is 9.80 Å². The average Bonchev–Trinajstić information content (AvgIpc) is 3.16. The first-order valence-corrected chi connectivity index (χ1v) is 8.38. The summed E-state index contributed by atoms with van der Waals surface area (Å²) < 4.78 is 1.22. The van der Waals surface area contributed by atoms with Gasteiger partial charge in [-0.1, -0.05) is 0 Å². The minimum absolute atomic E-state index is 0.390. The predicted octanol–water partition coefficient (Wildman–Crippen LogP) is 2.29. The second-order valence-corrected chi connectivity index (χ2v) is 6.99. The molecule has 2 N–H and O–H groups in total. The van der Waals surface area contributed by atoms with Crippen LogP contribution in [-0.4, -0.2) is 48.6 Å². The maximum Gasteiger partial charge on any atom is 0.0576 e. The van der Waals surface area contributed by atoms with E-state index in [1.165, 1.54) is 35.3 Å². The lowest BCUT2D eigenvalue weighted by molar-refractivity contribution is 0.0948. The number of hydrogen-bond donors (Lipinski definition) is 1. The molecule has 0 bridgehead atoms. The molecule has 1 atom stereocenters. The largest absolute Gasteiger partial charge is 0.329 e. The van der Waals surface area contributed by atoms with Gasteiger partial charge in [-0.15, -0.1) is 11.3 Å². The first-order chi connectivity index (χ1) is 8.79. The second-order valence-electron chi connectivity index (χ2n) is 5.19. The molecule has 0 radical (unpaired) electrons. The second kappa shape index (κ2) is 5.59. The van der Waals surface area contributed by atoms with E-state index >= 15 is 0 Å². The standard InChI is InChI=1S/C13H20BrN3S/c14-11-3-8-18-13(11)12(9-15)17-6-4-16(5-7-17)10-1-2-10/h3,8,10,12H,1-2,4-7,9,15H2. The fourth-order valence-corrected chi connectivity index (χ4v) is 4.60. The Morgan fingerprint density at radius 2 is 2.06 bits per heavy atom. The van der Waals surface area contributed by atoms with E-state index in [1.807, 2.05) is 11.3 Å². The van der Waals surface area contributed by atoms with Gasteiger partial charge in [0, 0.05) is 48.1 Å². The number of rotatable bonds is 4. The van der Waals surface area contributed by atoms with Gasteiger partial charge in [0.25, 0.3) is 0 Å². The Morgan fingerprint density at radius 3 is 2.56 bits per heavy atom. The summed E-state index contributed by atoms with van der Waals surface area (Å²) in [5.74, 6) is 0. The summed E-state index contributed by atoms with van der Waals surface area (Å²) in [7, 11) is 0. The van der Waals surface area contributed by atoms with Crippen molar-refractivity contribution in [2.24, 2.45) is 5.73 Å². The number of piperazine rings is 1. The fraction of sp³-hybridized carbons (Fsp3) is 0.692. The summed E-state index contributed by atoms with van der Waals surface area (Å²) in [4.78, 5) is 6.58. The van der Waals surface area contributed by atoms with E-state index in [-0.39, 0.29) is 0 Å². The summed E-state index contributed by atoms with van der Waals surface area (Å²) >= 11 is 5.45. The molecule has 1 unspecified atom stereocenters. The summed E-state index contributed by atoms with van der Waals surface area (Å²) in [5, 5.41) is 2.14. The molecule has 0 aromatic carbocycles. The molecule has 1 saturated heterocycles. The Kier molecular flexibility index (Phi) is 4.06. The van der Waals surface area contributed by atoms with Crippen LogP contribution < -0.4 is 5.73 Å². The molecule has 1 aromatic rings. The molecular weight excluding hydrogens is 310 g/mol. The topological polar surface area (TPSA) is 32.5 Å². The molecule has 1 aromatic heterocycles. The minimum Gasteiger partial charge on any atom is -0.329 e. The van der Waals surface area contributed by atoms with E-state index in [0.717, 1.165) is 19.1 Å². The number of thiophene rings is 1. The molecule has 2 fully saturated rings. The summed E-state index contributed by atoms with van der Waals surface area (Å²) in [6.07, 6.45) is 2.83. The smallest absolute Gasteiger partial charge is 0.0576 e. The van der Waals surface area contributed by atoms with Gasteiger partial charge in [0.05, 0.1) is 6.04 Å². The highest BCUT2D eigenvalue weighted by atomic mass is 79.9. The highest BCUT2D eigenvalue weighted by molar-refractivity contribution is 9.10. The van der Waals surface area contributed by atoms with Crippen LogP contribution in [0.4, 0.5) is 0 Å². The van der Waals surface area contributed by atoms with Crippen LogP contribution in [0.2, 0.25) is 0 Å². The van der Waals surface area contributed by atoms with Gasteiger partial charge in [0.1, 0.15) is 0 Å². The Balaban J connectivity index is 1.64. The van der Waals surface area contributed by atoms with Crippen molar-refractivity contribution >= 4 is 27.3 Å². The van der Waals surface area contributed by atoms with Crippen molar-refractivity contribution < 1.29 is 0 Å². The van der Waals surface area contributed by atoms with E-state index in [9.17, 15) is 0 Å². The van der Waals surface area contributed by atoms with E-state index in [0.29, 0.717) is 12.6 Å². The zero-order valence-electron chi connectivity index (χ0n) is 10.5. The van der Waals surface area contributed by atoms with Gasteiger partial charge < -0.3 is 5.73 Å². The molecule has 0 amide bonds. The minimum atomic E-state index is 0.390. The third-order valence-electron chi connectivity index (χ3n) is 4.02. The summed E-state index contributed by atoms with van der Waals surface area (Å²) in [6, 6.07) is 3.42. The zero-order chi connectivity index (χ0) is 12.5. The van der Waals surface area contributed by atoms with Gasteiger partial charge in [-0.2, -0.15) is 0 Å². The molecule has 3 nitrogen and oxygen atoms in total. The quantitative estimate of drug-likeness (QED) is 0.919. The predicted molar refractivity (Wildman–Crippen MR) is 80.0 cm³/mol. The molecule has 3 rings (SSSR count). The normalized spacial score (nSPS) is 24.3. The number of nitrogens with two attached hydrogens (primary N) is 1. The molecule has 1 aliphatic heterocycles. The number of hydrogen-bond acceptors (Lipinski definition) is 4. The van der Waals surface area contributed by atoms with E-state index < -0.39 is 0 Å². The van der Waals surface area contributed by atoms with Crippen molar-refractivity contribution in [3.8, 4) is 0 Å². The third-order valence-corrected chi connectivity index (χ3v) is 6.00. The molecule has 0 spiro atoms. The average molecular weight is 330 g/mol. The van der Waals surface area contributed by atoms with Crippen molar-refractivity contribution in [3.63, 3.8) is 0 Å². The lowest BCUT2D eigenvalue weighted by atomic mass is 10.1. The molecular formula is C13H20BrN3S. The van der Waals surface area contributed by atoms with Crippen molar-refractivity contribution in [1.82, 2.24) is 9.80 Å². The molecule has 5 heteroatoms. The van der Waals surface area contributed by atoms with Crippen LogP contribution in [0.5, 0.6) is 0 Å². The lowest BCUT2D eigenvalue weighted by Gasteiger charge is -2.39. The maximum atomic E-state index is 6.00. The molecule has 1 saturated carbocycles. The zero-order valence-corrected chi connectivity index (χ0v) is 12.9. The van der Waals surface area contributed by atoms with Crippen LogP contribution in [0.1, 0.15) is 23.8 Å². The van der Waals surface area contributed by atoms with Crippen molar-refractivity contribution in [2.75, 3.05) is 32.7 Å². The third kappa shape index (κ3) is 2.65. The van der Waals surface area contributed by atoms with E-state index in [1.54, 1.807) is 0 Å². The van der Waals surface area contributed by atoms with Crippen molar-refractivity contribution in [3.05, 3.63) is 20.8 Å². The van der Waals surface area contributed by atoms with Gasteiger partial charge in [-0.25, -0.2) is 0 Å². The van der Waals surface area contributed by atoms with Gasteiger partial charge in [0.15, 0.2) is 0 Å². The highest BCUT2D eigenvalue weighted by Crippen LogP contribution is 2.34. The first-order valence-electron chi connectivity index (χ1n) is 6.70. The van der Waals surface area contributed by atoms with Crippen LogP contribution in [0.25, 0.3) is 0 Å². The fourth-order valence-electron chi connectivity index (χ4n) is 2.82. The van der Waals surface area contributed by atoms with Gasteiger partial charge in [0.2, 0.25) is 0 Å². The van der Waals surface area contributed by atoms with Gasteiger partial charge >= 0.3 is 0 Å². The Hall–Kier alpha value is 0.0600. The monoisotopic (exact) mass is 329 g/mol. The van der Waals surface area contributed by atoms with Crippen molar-refractivity contribution in [1.29, 1.82) is 0 Å². The molecule has 1 aliphatic carbocycles. The van der Waals surface area contributed by atoms with E-state index in [2.05, 4.69) is 37.2 Å². The first kappa shape index (κ1) is 13.1. The molecule has 2 heterocycles. The van der Waals surface area contributed by atoms with Crippen LogP contribution in [-0.2, 0) is 0 Å². The van der Waals surface area contributed by atoms with E-state index in [4.69, 9.17) is 5.73 Å². The summed E-state index contributed by atoms with van der Waals surface area (Å²) in [6.45, 7) is 5.45. The highest BCUT2D eigenvalue weighted by Gasteiger charge is 2.33. The molecule has 100 valence electrons. The molecule has 2 aliphatic rings. The molecule has 18 heavy (non-hydrogen) atoms. The Bertz CT molecular complexity index is 397.